The smallest absolute Gasteiger partial charge is 0.269 e. The number of aromatic nitrogens is 2. The number of nitro groups is 1. The number of nitrogens with one attached hydrogen (secondary N) is 1. The fraction of sp³-hybridized carbons (Fsp3) is 0.227. The molecule has 1 aliphatic rings. The fourth-order valence-electron chi connectivity index (χ4n) is 3.48. The quantitative estimate of drug-likeness (QED) is 0.496. The molecule has 0 aliphatic carbocycles. The third-order valence-electron chi connectivity index (χ3n) is 5.03. The first-order valence-electron chi connectivity index (χ1n) is 9.81. The third-order valence-corrected chi connectivity index (χ3v) is 5.03. The third kappa shape index (κ3) is 4.60. The van der Waals surface area contributed by atoms with Gasteiger partial charge in [0.1, 0.15) is 0 Å². The Bertz CT molecular complexity index is 1050. The second-order valence-electron chi connectivity index (χ2n) is 7.20. The van der Waals surface area contributed by atoms with Gasteiger partial charge < -0.3 is 10.2 Å². The van der Waals surface area contributed by atoms with E-state index < -0.39 is 4.92 Å². The summed E-state index contributed by atoms with van der Waals surface area (Å²) in [5.41, 5.74) is 2.97. The average molecular weight is 403 g/mol. The van der Waals surface area contributed by atoms with E-state index >= 15 is 0 Å². The monoisotopic (exact) mass is 403 g/mol. The molecule has 0 bridgehead atoms. The summed E-state index contributed by atoms with van der Waals surface area (Å²) in [6.45, 7) is 2.04. The summed E-state index contributed by atoms with van der Waals surface area (Å²) in [5, 5.41) is 22.3. The standard InChI is InChI=1S/C22H21N5O3/c28-22(14-16-6-8-19(9-7-16)27(29)30)23-18-5-3-4-17(15-18)20-10-11-21(25-24-20)26-12-1-2-13-26/h3-11,15H,1-2,12-14H2,(H,23,28). The van der Waals surface area contributed by atoms with Crippen molar-refractivity contribution in [2.45, 2.75) is 19.3 Å². The summed E-state index contributed by atoms with van der Waals surface area (Å²) in [5.74, 6) is 0.695. The number of benzene rings is 2. The maximum absolute atomic E-state index is 12.4. The van der Waals surface area contributed by atoms with Crippen molar-refractivity contribution in [3.8, 4) is 11.3 Å². The molecule has 2 aromatic carbocycles. The van der Waals surface area contributed by atoms with E-state index in [0.717, 1.165) is 30.2 Å². The molecule has 8 heteroatoms. The molecule has 1 saturated heterocycles. The van der Waals surface area contributed by atoms with Crippen LogP contribution < -0.4 is 10.2 Å². The molecule has 8 nitrogen and oxygen atoms in total. The van der Waals surface area contributed by atoms with Crippen LogP contribution in [0, 0.1) is 10.1 Å². The Hall–Kier alpha value is -3.81. The molecule has 152 valence electrons. The maximum Gasteiger partial charge on any atom is 0.269 e. The molecule has 30 heavy (non-hydrogen) atoms. The number of carbonyl (C=O) groups is 1. The number of carbonyl (C=O) groups excluding carboxylic acids is 1. The minimum absolute atomic E-state index is 0.00344. The maximum atomic E-state index is 12.4. The Morgan fingerprint density at radius 1 is 1.03 bits per heavy atom. The van der Waals surface area contributed by atoms with Crippen LogP contribution in [0.25, 0.3) is 11.3 Å². The number of rotatable bonds is 6. The second kappa shape index (κ2) is 8.69. The number of hydrogen-bond acceptors (Lipinski definition) is 6. The molecule has 0 spiro atoms. The van der Waals surface area contributed by atoms with Gasteiger partial charge in [-0.3, -0.25) is 14.9 Å². The van der Waals surface area contributed by atoms with E-state index in [1.807, 2.05) is 36.4 Å². The highest BCUT2D eigenvalue weighted by Crippen LogP contribution is 2.23. The number of hydrogen-bond donors (Lipinski definition) is 1. The number of nitrogens with zero attached hydrogens (tertiary/aromatic N) is 4. The second-order valence-corrected chi connectivity index (χ2v) is 7.20. The van der Waals surface area contributed by atoms with E-state index in [1.165, 1.54) is 25.0 Å². The molecule has 2 heterocycles. The van der Waals surface area contributed by atoms with E-state index in [9.17, 15) is 14.9 Å². The van der Waals surface area contributed by atoms with Crippen molar-refractivity contribution in [2.24, 2.45) is 0 Å². The minimum atomic E-state index is -0.462. The van der Waals surface area contributed by atoms with Crippen molar-refractivity contribution in [2.75, 3.05) is 23.3 Å². The van der Waals surface area contributed by atoms with Crippen LogP contribution in [0.4, 0.5) is 17.2 Å². The largest absolute Gasteiger partial charge is 0.355 e. The van der Waals surface area contributed by atoms with Gasteiger partial charge in [0.2, 0.25) is 5.91 Å². The van der Waals surface area contributed by atoms with Gasteiger partial charge in [-0.15, -0.1) is 10.2 Å². The van der Waals surface area contributed by atoms with Crippen LogP contribution >= 0.6 is 0 Å². The number of nitro benzene ring substituents is 1. The van der Waals surface area contributed by atoms with E-state index in [2.05, 4.69) is 20.4 Å². The lowest BCUT2D eigenvalue weighted by Gasteiger charge is -2.15. The number of anilines is 2. The van der Waals surface area contributed by atoms with Gasteiger partial charge in [0, 0.05) is 36.5 Å². The number of non-ortho nitro benzene ring substituents is 1. The van der Waals surface area contributed by atoms with Gasteiger partial charge in [0.05, 0.1) is 17.0 Å². The first-order valence-corrected chi connectivity index (χ1v) is 9.81. The van der Waals surface area contributed by atoms with Crippen molar-refractivity contribution in [1.29, 1.82) is 0 Å². The van der Waals surface area contributed by atoms with Gasteiger partial charge in [0.15, 0.2) is 5.82 Å². The van der Waals surface area contributed by atoms with Gasteiger partial charge in [0.25, 0.3) is 5.69 Å². The van der Waals surface area contributed by atoms with Crippen molar-refractivity contribution >= 4 is 23.1 Å². The first kappa shape index (κ1) is 19.5. The van der Waals surface area contributed by atoms with Gasteiger partial charge in [-0.1, -0.05) is 24.3 Å². The summed E-state index contributed by atoms with van der Waals surface area (Å²) in [7, 11) is 0. The van der Waals surface area contributed by atoms with Crippen LogP contribution in [0.5, 0.6) is 0 Å². The summed E-state index contributed by atoms with van der Waals surface area (Å²) in [6, 6.07) is 17.3. The molecule has 1 fully saturated rings. The van der Waals surface area contributed by atoms with Crippen molar-refractivity contribution in [3.63, 3.8) is 0 Å². The summed E-state index contributed by atoms with van der Waals surface area (Å²) >= 11 is 0. The van der Waals surface area contributed by atoms with Crippen LogP contribution in [0.1, 0.15) is 18.4 Å². The molecule has 0 atom stereocenters. The molecule has 1 amide bonds. The van der Waals surface area contributed by atoms with Gasteiger partial charge >= 0.3 is 0 Å². The normalized spacial score (nSPS) is 13.3. The Morgan fingerprint density at radius 2 is 1.80 bits per heavy atom. The summed E-state index contributed by atoms with van der Waals surface area (Å²) in [6.07, 6.45) is 2.50. The van der Waals surface area contributed by atoms with Crippen molar-refractivity contribution < 1.29 is 9.72 Å². The molecular formula is C22H21N5O3. The first-order chi connectivity index (χ1) is 14.6. The molecular weight excluding hydrogens is 382 g/mol. The van der Waals surface area contributed by atoms with E-state index in [1.54, 1.807) is 12.1 Å². The Balaban J connectivity index is 1.41. The Morgan fingerprint density at radius 3 is 2.47 bits per heavy atom. The molecule has 1 aromatic heterocycles. The minimum Gasteiger partial charge on any atom is -0.355 e. The average Bonchev–Trinajstić information content (AvgIpc) is 3.29. The van der Waals surface area contributed by atoms with Crippen molar-refractivity contribution in [3.05, 3.63) is 76.3 Å². The Labute approximate surface area is 173 Å². The highest BCUT2D eigenvalue weighted by Gasteiger charge is 2.14. The van der Waals surface area contributed by atoms with E-state index in [0.29, 0.717) is 11.3 Å². The molecule has 1 aliphatic heterocycles. The van der Waals surface area contributed by atoms with Crippen LogP contribution in [0.15, 0.2) is 60.7 Å². The van der Waals surface area contributed by atoms with E-state index in [-0.39, 0.29) is 18.0 Å². The highest BCUT2D eigenvalue weighted by atomic mass is 16.6. The predicted molar refractivity (Wildman–Crippen MR) is 114 cm³/mol. The lowest BCUT2D eigenvalue weighted by atomic mass is 10.1. The molecule has 0 saturated carbocycles. The molecule has 4 rings (SSSR count). The van der Waals surface area contributed by atoms with Crippen LogP contribution in [0.3, 0.4) is 0 Å². The molecule has 1 N–H and O–H groups in total. The SMILES string of the molecule is O=C(Cc1ccc([N+](=O)[O-])cc1)Nc1cccc(-c2ccc(N3CCCC3)nn2)c1. The van der Waals surface area contributed by atoms with E-state index in [4.69, 9.17) is 0 Å². The molecule has 3 aromatic rings. The number of amides is 1. The summed E-state index contributed by atoms with van der Waals surface area (Å²) < 4.78 is 0. The summed E-state index contributed by atoms with van der Waals surface area (Å²) in [4.78, 5) is 24.9. The van der Waals surface area contributed by atoms with Crippen molar-refractivity contribution in [1.82, 2.24) is 10.2 Å². The van der Waals surface area contributed by atoms with Crippen LogP contribution in [-0.4, -0.2) is 34.1 Å². The predicted octanol–water partition coefficient (Wildman–Crippen LogP) is 3.83. The van der Waals surface area contributed by atoms with Crippen LogP contribution in [0.2, 0.25) is 0 Å². The Kier molecular flexibility index (Phi) is 5.65. The van der Waals surface area contributed by atoms with Crippen LogP contribution in [-0.2, 0) is 11.2 Å². The topological polar surface area (TPSA) is 101 Å². The zero-order valence-corrected chi connectivity index (χ0v) is 16.3. The molecule has 0 radical (unpaired) electrons. The highest BCUT2D eigenvalue weighted by molar-refractivity contribution is 5.92. The van der Waals surface area contributed by atoms with Gasteiger partial charge in [-0.25, -0.2) is 0 Å². The lowest BCUT2D eigenvalue weighted by molar-refractivity contribution is -0.384. The zero-order valence-electron chi connectivity index (χ0n) is 16.3. The zero-order chi connectivity index (χ0) is 20.9. The van der Waals surface area contributed by atoms with Gasteiger partial charge in [-0.2, -0.15) is 0 Å². The fourth-order valence-corrected chi connectivity index (χ4v) is 3.48. The van der Waals surface area contributed by atoms with Gasteiger partial charge in [-0.05, 0) is 42.7 Å². The molecule has 0 unspecified atom stereocenters. The lowest BCUT2D eigenvalue weighted by Crippen LogP contribution is -2.19.